The summed E-state index contributed by atoms with van der Waals surface area (Å²) in [6.45, 7) is 2.97. The Kier molecular flexibility index (Phi) is 6.25. The zero-order valence-corrected chi connectivity index (χ0v) is 15.1. The first kappa shape index (κ1) is 17.7. The van der Waals surface area contributed by atoms with Crippen molar-refractivity contribution in [1.29, 1.82) is 0 Å². The van der Waals surface area contributed by atoms with Crippen molar-refractivity contribution in [3.63, 3.8) is 0 Å². The summed E-state index contributed by atoms with van der Waals surface area (Å²) in [6, 6.07) is 7.66. The van der Waals surface area contributed by atoms with Gasteiger partial charge in [-0.1, -0.05) is 0 Å². The lowest BCUT2D eigenvalue weighted by Crippen LogP contribution is -2.40. The zero-order chi connectivity index (χ0) is 17.5. The number of piperidine rings is 1. The van der Waals surface area contributed by atoms with Crippen molar-refractivity contribution in [2.75, 3.05) is 38.7 Å². The van der Waals surface area contributed by atoms with Crippen molar-refractivity contribution in [1.82, 2.24) is 9.88 Å². The summed E-state index contributed by atoms with van der Waals surface area (Å²) < 4.78 is 11.0. The molecule has 1 saturated heterocycles. The third kappa shape index (κ3) is 5.44. The number of amides is 1. The highest BCUT2D eigenvalue weighted by molar-refractivity contribution is 7.13. The van der Waals surface area contributed by atoms with Gasteiger partial charge in [-0.3, -0.25) is 9.69 Å². The molecule has 0 spiro atoms. The minimum Gasteiger partial charge on any atom is -0.497 e. The molecule has 2 heterocycles. The molecule has 6 nitrogen and oxygen atoms in total. The summed E-state index contributed by atoms with van der Waals surface area (Å²) >= 11 is 1.43. The number of anilines is 1. The maximum atomic E-state index is 12.0. The third-order valence-electron chi connectivity index (χ3n) is 4.30. The number of hydrogen-bond acceptors (Lipinski definition) is 6. The van der Waals surface area contributed by atoms with E-state index in [4.69, 9.17) is 9.47 Å². The number of carbonyl (C=O) groups is 1. The van der Waals surface area contributed by atoms with E-state index in [1.807, 2.05) is 29.6 Å². The monoisotopic (exact) mass is 361 g/mol. The maximum Gasteiger partial charge on any atom is 0.240 e. The fraction of sp³-hybridized carbons (Fsp3) is 0.444. The average molecular weight is 361 g/mol. The third-order valence-corrected chi connectivity index (χ3v) is 4.99. The van der Waals surface area contributed by atoms with Crippen LogP contribution in [0, 0.1) is 5.92 Å². The Labute approximate surface area is 151 Å². The van der Waals surface area contributed by atoms with Gasteiger partial charge in [-0.15, -0.1) is 11.3 Å². The van der Waals surface area contributed by atoms with E-state index in [0.29, 0.717) is 24.2 Å². The molecule has 1 fully saturated rings. The summed E-state index contributed by atoms with van der Waals surface area (Å²) in [5.41, 5.74) is 0. The summed E-state index contributed by atoms with van der Waals surface area (Å²) in [7, 11) is 1.65. The molecule has 1 aromatic heterocycles. The van der Waals surface area contributed by atoms with E-state index in [1.54, 1.807) is 13.3 Å². The lowest BCUT2D eigenvalue weighted by Gasteiger charge is -2.31. The summed E-state index contributed by atoms with van der Waals surface area (Å²) in [5, 5.41) is 5.34. The molecule has 0 bridgehead atoms. The minimum absolute atomic E-state index is 0.00267. The Hall–Kier alpha value is -2.12. The van der Waals surface area contributed by atoms with Crippen LogP contribution in [0.15, 0.2) is 35.8 Å². The molecule has 1 aliphatic heterocycles. The molecule has 1 aromatic carbocycles. The van der Waals surface area contributed by atoms with E-state index >= 15 is 0 Å². The molecule has 2 aromatic rings. The SMILES string of the molecule is COc1ccc(OCC2CCN(CC(=O)Nc3nccs3)CC2)cc1. The molecule has 3 rings (SSSR count). The molecule has 25 heavy (non-hydrogen) atoms. The maximum absolute atomic E-state index is 12.0. The number of nitrogens with zero attached hydrogens (tertiary/aromatic N) is 2. The van der Waals surface area contributed by atoms with Gasteiger partial charge in [0.2, 0.25) is 5.91 Å². The number of benzene rings is 1. The molecule has 0 unspecified atom stereocenters. The highest BCUT2D eigenvalue weighted by Crippen LogP contribution is 2.21. The number of thiazole rings is 1. The summed E-state index contributed by atoms with van der Waals surface area (Å²) in [6.07, 6.45) is 3.77. The molecule has 134 valence electrons. The Bertz CT molecular complexity index is 653. The second-order valence-corrected chi connectivity index (χ2v) is 6.99. The Balaban J connectivity index is 1.35. The van der Waals surface area contributed by atoms with Gasteiger partial charge in [0, 0.05) is 11.6 Å². The van der Waals surface area contributed by atoms with Gasteiger partial charge in [-0.25, -0.2) is 4.98 Å². The number of rotatable bonds is 7. The standard InChI is InChI=1S/C18H23N3O3S/c1-23-15-2-4-16(5-3-15)24-13-14-6-9-21(10-7-14)12-17(22)20-18-19-8-11-25-18/h2-5,8,11,14H,6-7,9-10,12-13H2,1H3,(H,19,20,22). The molecular formula is C18H23N3O3S. The molecular weight excluding hydrogens is 338 g/mol. The molecule has 0 saturated carbocycles. The van der Waals surface area contributed by atoms with Crippen LogP contribution >= 0.6 is 11.3 Å². The highest BCUT2D eigenvalue weighted by atomic mass is 32.1. The van der Waals surface area contributed by atoms with Crippen molar-refractivity contribution >= 4 is 22.4 Å². The van der Waals surface area contributed by atoms with Crippen LogP contribution in [-0.4, -0.2) is 49.1 Å². The second kappa shape index (κ2) is 8.82. The van der Waals surface area contributed by atoms with Crippen molar-refractivity contribution in [2.24, 2.45) is 5.92 Å². The lowest BCUT2D eigenvalue weighted by atomic mass is 9.98. The average Bonchev–Trinajstić information content (AvgIpc) is 3.14. The van der Waals surface area contributed by atoms with Crippen molar-refractivity contribution in [2.45, 2.75) is 12.8 Å². The van der Waals surface area contributed by atoms with Gasteiger partial charge in [0.1, 0.15) is 11.5 Å². The van der Waals surface area contributed by atoms with Crippen LogP contribution in [0.4, 0.5) is 5.13 Å². The number of methoxy groups -OCH3 is 1. The van der Waals surface area contributed by atoms with Gasteiger partial charge >= 0.3 is 0 Å². The predicted octanol–water partition coefficient (Wildman–Crippen LogP) is 2.88. The second-order valence-electron chi connectivity index (χ2n) is 6.09. The van der Waals surface area contributed by atoms with Gasteiger partial charge in [-0.05, 0) is 56.1 Å². The Morgan fingerprint density at radius 3 is 2.64 bits per heavy atom. The number of likely N-dealkylation sites (tertiary alicyclic amines) is 1. The first-order valence-corrected chi connectivity index (χ1v) is 9.29. The molecule has 1 aliphatic rings. The van der Waals surface area contributed by atoms with E-state index in [0.717, 1.165) is 37.4 Å². The van der Waals surface area contributed by atoms with Crippen molar-refractivity contribution in [3.8, 4) is 11.5 Å². The molecule has 0 aliphatic carbocycles. The topological polar surface area (TPSA) is 63.7 Å². The lowest BCUT2D eigenvalue weighted by molar-refractivity contribution is -0.117. The fourth-order valence-electron chi connectivity index (χ4n) is 2.84. The Morgan fingerprint density at radius 2 is 2.00 bits per heavy atom. The number of nitrogens with one attached hydrogen (secondary N) is 1. The van der Waals surface area contributed by atoms with Gasteiger partial charge < -0.3 is 14.8 Å². The Morgan fingerprint density at radius 1 is 1.28 bits per heavy atom. The first-order chi connectivity index (χ1) is 12.2. The van der Waals surface area contributed by atoms with E-state index in [-0.39, 0.29) is 5.91 Å². The van der Waals surface area contributed by atoms with Gasteiger partial charge in [-0.2, -0.15) is 0 Å². The van der Waals surface area contributed by atoms with Gasteiger partial charge in [0.15, 0.2) is 5.13 Å². The molecule has 0 atom stereocenters. The number of carbonyl (C=O) groups excluding carboxylic acids is 1. The molecule has 0 radical (unpaired) electrons. The van der Waals surface area contributed by atoms with Crippen LogP contribution in [0.5, 0.6) is 11.5 Å². The smallest absolute Gasteiger partial charge is 0.240 e. The van der Waals surface area contributed by atoms with Crippen LogP contribution in [0.3, 0.4) is 0 Å². The van der Waals surface area contributed by atoms with E-state index in [2.05, 4.69) is 15.2 Å². The van der Waals surface area contributed by atoms with Crippen LogP contribution in [0.2, 0.25) is 0 Å². The van der Waals surface area contributed by atoms with Crippen molar-refractivity contribution in [3.05, 3.63) is 35.8 Å². The highest BCUT2D eigenvalue weighted by Gasteiger charge is 2.21. The van der Waals surface area contributed by atoms with Crippen LogP contribution in [0.25, 0.3) is 0 Å². The van der Waals surface area contributed by atoms with E-state index in [9.17, 15) is 4.79 Å². The number of aromatic nitrogens is 1. The summed E-state index contributed by atoms with van der Waals surface area (Å²) in [4.78, 5) is 18.3. The van der Waals surface area contributed by atoms with Crippen molar-refractivity contribution < 1.29 is 14.3 Å². The van der Waals surface area contributed by atoms with Crippen LogP contribution < -0.4 is 14.8 Å². The zero-order valence-electron chi connectivity index (χ0n) is 14.3. The minimum atomic E-state index is 0.00267. The normalized spacial score (nSPS) is 15.7. The predicted molar refractivity (Wildman–Crippen MR) is 98.4 cm³/mol. The van der Waals surface area contributed by atoms with E-state index in [1.165, 1.54) is 11.3 Å². The van der Waals surface area contributed by atoms with E-state index < -0.39 is 0 Å². The quantitative estimate of drug-likeness (QED) is 0.822. The molecule has 1 amide bonds. The van der Waals surface area contributed by atoms with Crippen LogP contribution in [0.1, 0.15) is 12.8 Å². The summed E-state index contributed by atoms with van der Waals surface area (Å²) in [5.74, 6) is 2.23. The largest absolute Gasteiger partial charge is 0.497 e. The molecule has 7 heteroatoms. The van der Waals surface area contributed by atoms with Gasteiger partial charge in [0.05, 0.1) is 20.3 Å². The first-order valence-electron chi connectivity index (χ1n) is 8.41. The van der Waals surface area contributed by atoms with Crippen LogP contribution in [-0.2, 0) is 4.79 Å². The molecule has 1 N–H and O–H groups in total. The number of hydrogen-bond donors (Lipinski definition) is 1. The fourth-order valence-corrected chi connectivity index (χ4v) is 3.39. The number of ether oxygens (including phenoxy) is 2. The van der Waals surface area contributed by atoms with Gasteiger partial charge in [0.25, 0.3) is 0 Å².